The Kier molecular flexibility index (Phi) is 5.65. The van der Waals surface area contributed by atoms with Crippen molar-refractivity contribution < 1.29 is 4.79 Å². The van der Waals surface area contributed by atoms with Gasteiger partial charge < -0.3 is 4.90 Å². The zero-order valence-corrected chi connectivity index (χ0v) is 12.0. The zero-order valence-electron chi connectivity index (χ0n) is 12.0. The van der Waals surface area contributed by atoms with Crippen LogP contribution >= 0.6 is 0 Å². The highest BCUT2D eigenvalue weighted by atomic mass is 16.2. The first-order valence-electron chi connectivity index (χ1n) is 7.28. The van der Waals surface area contributed by atoms with Gasteiger partial charge in [0, 0.05) is 13.1 Å². The molecule has 1 rings (SSSR count). The van der Waals surface area contributed by atoms with Crippen LogP contribution in [-0.2, 0) is 4.79 Å². The van der Waals surface area contributed by atoms with E-state index in [-0.39, 0.29) is 5.91 Å². The molecule has 3 nitrogen and oxygen atoms in total. The lowest BCUT2D eigenvalue weighted by Gasteiger charge is -2.28. The standard InChI is InChI=1S/C15H26N2O/c1-4-7-13-8-6-10-17(11-9-13)14(18)15(3,5-2)12-16/h13H,4-11H2,1-3H3. The van der Waals surface area contributed by atoms with Crippen molar-refractivity contribution in [1.29, 1.82) is 5.26 Å². The highest BCUT2D eigenvalue weighted by Crippen LogP contribution is 2.27. The van der Waals surface area contributed by atoms with Gasteiger partial charge in [-0.05, 0) is 38.5 Å². The van der Waals surface area contributed by atoms with E-state index in [4.69, 9.17) is 0 Å². The van der Waals surface area contributed by atoms with E-state index in [2.05, 4.69) is 13.0 Å². The summed E-state index contributed by atoms with van der Waals surface area (Å²) in [5.41, 5.74) is -0.829. The first kappa shape index (κ1) is 15.0. The summed E-state index contributed by atoms with van der Waals surface area (Å²) >= 11 is 0. The molecule has 102 valence electrons. The Morgan fingerprint density at radius 3 is 2.67 bits per heavy atom. The van der Waals surface area contributed by atoms with E-state index in [1.165, 1.54) is 19.3 Å². The second kappa shape index (κ2) is 6.78. The summed E-state index contributed by atoms with van der Waals surface area (Å²) in [7, 11) is 0. The van der Waals surface area contributed by atoms with Gasteiger partial charge in [0.25, 0.3) is 0 Å². The molecule has 0 aromatic carbocycles. The average Bonchev–Trinajstić information content (AvgIpc) is 2.63. The molecule has 1 fully saturated rings. The van der Waals surface area contributed by atoms with E-state index in [1.807, 2.05) is 11.8 Å². The summed E-state index contributed by atoms with van der Waals surface area (Å²) < 4.78 is 0. The number of nitrogens with zero attached hydrogens (tertiary/aromatic N) is 2. The third-order valence-electron chi connectivity index (χ3n) is 4.26. The van der Waals surface area contributed by atoms with Gasteiger partial charge >= 0.3 is 0 Å². The van der Waals surface area contributed by atoms with Crippen LogP contribution in [0.5, 0.6) is 0 Å². The SMILES string of the molecule is CCCC1CCCN(C(=O)C(C)(C#N)CC)CC1. The Balaban J connectivity index is 2.63. The van der Waals surface area contributed by atoms with Gasteiger partial charge in [0.2, 0.25) is 5.91 Å². The van der Waals surface area contributed by atoms with Gasteiger partial charge in [0.15, 0.2) is 0 Å². The number of carbonyl (C=O) groups is 1. The van der Waals surface area contributed by atoms with Crippen LogP contribution in [-0.4, -0.2) is 23.9 Å². The van der Waals surface area contributed by atoms with Gasteiger partial charge in [-0.1, -0.05) is 26.7 Å². The van der Waals surface area contributed by atoms with Crippen molar-refractivity contribution in [2.24, 2.45) is 11.3 Å². The minimum atomic E-state index is -0.829. The van der Waals surface area contributed by atoms with Crippen molar-refractivity contribution in [3.63, 3.8) is 0 Å². The van der Waals surface area contributed by atoms with Gasteiger partial charge in [-0.2, -0.15) is 5.26 Å². The predicted molar refractivity (Wildman–Crippen MR) is 72.8 cm³/mol. The Hall–Kier alpha value is -1.04. The molecule has 0 bridgehead atoms. The van der Waals surface area contributed by atoms with Crippen LogP contribution in [0, 0.1) is 22.7 Å². The molecule has 0 aromatic heterocycles. The Morgan fingerprint density at radius 1 is 1.39 bits per heavy atom. The highest BCUT2D eigenvalue weighted by molar-refractivity contribution is 5.85. The molecule has 0 N–H and O–H groups in total. The smallest absolute Gasteiger partial charge is 0.242 e. The minimum absolute atomic E-state index is 0.0321. The lowest BCUT2D eigenvalue weighted by Crippen LogP contribution is -2.42. The van der Waals surface area contributed by atoms with Gasteiger partial charge in [-0.25, -0.2) is 0 Å². The van der Waals surface area contributed by atoms with Crippen LogP contribution in [0.15, 0.2) is 0 Å². The van der Waals surface area contributed by atoms with Gasteiger partial charge in [-0.15, -0.1) is 0 Å². The lowest BCUT2D eigenvalue weighted by molar-refractivity contribution is -0.138. The second-order valence-electron chi connectivity index (χ2n) is 5.68. The number of amides is 1. The van der Waals surface area contributed by atoms with Crippen LogP contribution in [0.4, 0.5) is 0 Å². The summed E-state index contributed by atoms with van der Waals surface area (Å²) in [4.78, 5) is 14.3. The van der Waals surface area contributed by atoms with Crippen molar-refractivity contribution in [2.45, 2.75) is 59.3 Å². The number of hydrogen-bond donors (Lipinski definition) is 0. The molecule has 1 aliphatic heterocycles. The van der Waals surface area contributed by atoms with E-state index in [9.17, 15) is 10.1 Å². The summed E-state index contributed by atoms with van der Waals surface area (Å²) in [6.07, 6.45) is 6.51. The summed E-state index contributed by atoms with van der Waals surface area (Å²) in [5.74, 6) is 0.799. The van der Waals surface area contributed by atoms with Crippen molar-refractivity contribution in [3.05, 3.63) is 0 Å². The molecule has 1 aliphatic rings. The Morgan fingerprint density at radius 2 is 2.11 bits per heavy atom. The molecule has 1 amide bonds. The molecule has 0 spiro atoms. The van der Waals surface area contributed by atoms with E-state index >= 15 is 0 Å². The fourth-order valence-corrected chi connectivity index (χ4v) is 2.69. The first-order valence-corrected chi connectivity index (χ1v) is 7.28. The maximum Gasteiger partial charge on any atom is 0.242 e. The van der Waals surface area contributed by atoms with E-state index < -0.39 is 5.41 Å². The van der Waals surface area contributed by atoms with Crippen LogP contribution < -0.4 is 0 Å². The topological polar surface area (TPSA) is 44.1 Å². The average molecular weight is 250 g/mol. The van der Waals surface area contributed by atoms with Crippen molar-refractivity contribution in [1.82, 2.24) is 4.90 Å². The van der Waals surface area contributed by atoms with Gasteiger partial charge in [0.1, 0.15) is 5.41 Å². The van der Waals surface area contributed by atoms with Crippen molar-refractivity contribution in [2.75, 3.05) is 13.1 Å². The molecule has 0 radical (unpaired) electrons. The molecule has 1 heterocycles. The third kappa shape index (κ3) is 3.48. The fourth-order valence-electron chi connectivity index (χ4n) is 2.69. The van der Waals surface area contributed by atoms with Gasteiger partial charge in [0.05, 0.1) is 6.07 Å². The van der Waals surface area contributed by atoms with Gasteiger partial charge in [-0.3, -0.25) is 4.79 Å². The third-order valence-corrected chi connectivity index (χ3v) is 4.26. The number of carbonyl (C=O) groups excluding carboxylic acids is 1. The summed E-state index contributed by atoms with van der Waals surface area (Å²) in [5, 5.41) is 9.20. The van der Waals surface area contributed by atoms with Crippen LogP contribution in [0.25, 0.3) is 0 Å². The quantitative estimate of drug-likeness (QED) is 0.768. The molecule has 18 heavy (non-hydrogen) atoms. The van der Waals surface area contributed by atoms with Crippen molar-refractivity contribution >= 4 is 5.91 Å². The molecular weight excluding hydrogens is 224 g/mol. The normalized spacial score (nSPS) is 23.9. The summed E-state index contributed by atoms with van der Waals surface area (Å²) in [6.45, 7) is 7.57. The number of likely N-dealkylation sites (tertiary alicyclic amines) is 1. The second-order valence-corrected chi connectivity index (χ2v) is 5.68. The first-order chi connectivity index (χ1) is 8.57. The highest BCUT2D eigenvalue weighted by Gasteiger charge is 2.35. The largest absolute Gasteiger partial charge is 0.341 e. The summed E-state index contributed by atoms with van der Waals surface area (Å²) in [6, 6.07) is 2.19. The molecule has 0 aliphatic carbocycles. The zero-order chi connectivity index (χ0) is 13.6. The molecule has 0 aromatic rings. The van der Waals surface area contributed by atoms with E-state index in [0.29, 0.717) is 6.42 Å². The monoisotopic (exact) mass is 250 g/mol. The van der Waals surface area contributed by atoms with Crippen LogP contribution in [0.3, 0.4) is 0 Å². The molecule has 0 saturated carbocycles. The number of rotatable bonds is 4. The molecular formula is C15H26N2O. The van der Waals surface area contributed by atoms with Crippen molar-refractivity contribution in [3.8, 4) is 6.07 Å². The lowest BCUT2D eigenvalue weighted by atomic mass is 9.87. The predicted octanol–water partition coefficient (Wildman–Crippen LogP) is 3.36. The van der Waals surface area contributed by atoms with Crippen LogP contribution in [0.1, 0.15) is 59.3 Å². The van der Waals surface area contributed by atoms with E-state index in [0.717, 1.165) is 31.8 Å². The molecule has 2 unspecified atom stereocenters. The minimum Gasteiger partial charge on any atom is -0.341 e. The molecule has 2 atom stereocenters. The maximum atomic E-state index is 12.4. The number of hydrogen-bond acceptors (Lipinski definition) is 2. The fraction of sp³-hybridized carbons (Fsp3) is 0.867. The molecule has 1 saturated heterocycles. The Labute approximate surface area is 111 Å². The molecule has 3 heteroatoms. The number of nitriles is 1. The van der Waals surface area contributed by atoms with E-state index in [1.54, 1.807) is 6.92 Å². The maximum absolute atomic E-state index is 12.4. The van der Waals surface area contributed by atoms with Crippen LogP contribution in [0.2, 0.25) is 0 Å². The Bertz CT molecular complexity index is 321.